The number of pyridine rings is 1. The zero-order chi connectivity index (χ0) is 20.8. The van der Waals surface area contributed by atoms with Crippen molar-refractivity contribution < 1.29 is 9.53 Å². The number of amides is 1. The van der Waals surface area contributed by atoms with Gasteiger partial charge in [0.1, 0.15) is 11.6 Å². The molecule has 0 atom stereocenters. The Labute approximate surface area is 174 Å². The minimum absolute atomic E-state index is 0.237. The van der Waals surface area contributed by atoms with Gasteiger partial charge in [-0.25, -0.2) is 0 Å². The molecule has 4 aromatic rings. The SMILES string of the molecule is COc1cccc(CCNc2ccc(C(=O)Nc3cccc4cccnc34)nn2)c1. The second-order valence-corrected chi connectivity index (χ2v) is 6.67. The molecule has 1 amide bonds. The minimum atomic E-state index is -0.330. The molecule has 2 heterocycles. The van der Waals surface area contributed by atoms with Crippen LogP contribution >= 0.6 is 0 Å². The highest BCUT2D eigenvalue weighted by molar-refractivity contribution is 6.07. The van der Waals surface area contributed by atoms with Crippen LogP contribution in [-0.2, 0) is 6.42 Å². The predicted octanol–water partition coefficient (Wildman–Crippen LogP) is 3.94. The normalized spacial score (nSPS) is 10.6. The van der Waals surface area contributed by atoms with Crippen LogP contribution in [0.5, 0.6) is 5.75 Å². The van der Waals surface area contributed by atoms with Gasteiger partial charge in [0.2, 0.25) is 0 Å². The van der Waals surface area contributed by atoms with Crippen molar-refractivity contribution in [2.75, 3.05) is 24.3 Å². The molecule has 2 aromatic heterocycles. The van der Waals surface area contributed by atoms with Crippen LogP contribution < -0.4 is 15.4 Å². The molecule has 2 aromatic carbocycles. The van der Waals surface area contributed by atoms with Gasteiger partial charge in [0.05, 0.1) is 18.3 Å². The Morgan fingerprint density at radius 1 is 1.00 bits per heavy atom. The lowest BCUT2D eigenvalue weighted by Gasteiger charge is -2.08. The van der Waals surface area contributed by atoms with E-state index in [9.17, 15) is 4.79 Å². The number of para-hydroxylation sites is 1. The number of nitrogens with one attached hydrogen (secondary N) is 2. The number of ether oxygens (including phenoxy) is 1. The first-order valence-corrected chi connectivity index (χ1v) is 9.58. The van der Waals surface area contributed by atoms with Gasteiger partial charge in [-0.15, -0.1) is 10.2 Å². The molecule has 0 saturated carbocycles. The molecule has 0 radical (unpaired) electrons. The van der Waals surface area contributed by atoms with E-state index in [4.69, 9.17) is 4.74 Å². The maximum Gasteiger partial charge on any atom is 0.276 e. The highest BCUT2D eigenvalue weighted by Gasteiger charge is 2.11. The summed E-state index contributed by atoms with van der Waals surface area (Å²) in [5.74, 6) is 1.12. The van der Waals surface area contributed by atoms with E-state index in [-0.39, 0.29) is 11.6 Å². The highest BCUT2D eigenvalue weighted by atomic mass is 16.5. The minimum Gasteiger partial charge on any atom is -0.497 e. The second kappa shape index (κ2) is 9.00. The largest absolute Gasteiger partial charge is 0.497 e. The zero-order valence-electron chi connectivity index (χ0n) is 16.5. The fraction of sp³-hybridized carbons (Fsp3) is 0.130. The van der Waals surface area contributed by atoms with Gasteiger partial charge < -0.3 is 15.4 Å². The number of hydrogen-bond acceptors (Lipinski definition) is 6. The Balaban J connectivity index is 1.36. The second-order valence-electron chi connectivity index (χ2n) is 6.67. The van der Waals surface area contributed by atoms with E-state index < -0.39 is 0 Å². The summed E-state index contributed by atoms with van der Waals surface area (Å²) in [4.78, 5) is 16.9. The van der Waals surface area contributed by atoms with Gasteiger partial charge in [-0.2, -0.15) is 0 Å². The van der Waals surface area contributed by atoms with Gasteiger partial charge in [-0.05, 0) is 48.4 Å². The standard InChI is InChI=1S/C23H21N5O2/c1-30-18-8-2-5-16(15-18)12-14-24-21-11-10-20(27-28-21)23(29)26-19-9-3-6-17-7-4-13-25-22(17)19/h2-11,13,15H,12,14H2,1H3,(H,24,28)(H,26,29). The molecule has 7 heteroatoms. The molecule has 150 valence electrons. The average Bonchev–Trinajstić information content (AvgIpc) is 2.80. The van der Waals surface area contributed by atoms with Crippen LogP contribution in [0.3, 0.4) is 0 Å². The van der Waals surface area contributed by atoms with Crippen LogP contribution in [0.15, 0.2) is 72.9 Å². The van der Waals surface area contributed by atoms with E-state index in [0.29, 0.717) is 18.1 Å². The lowest BCUT2D eigenvalue weighted by molar-refractivity contribution is 0.102. The van der Waals surface area contributed by atoms with Crippen molar-refractivity contribution in [2.45, 2.75) is 6.42 Å². The van der Waals surface area contributed by atoms with E-state index in [1.54, 1.807) is 25.4 Å². The first-order valence-electron chi connectivity index (χ1n) is 9.58. The number of rotatable bonds is 7. The number of nitrogens with zero attached hydrogens (tertiary/aromatic N) is 3. The summed E-state index contributed by atoms with van der Waals surface area (Å²) in [6, 6.07) is 20.8. The number of fused-ring (bicyclic) bond motifs is 1. The van der Waals surface area contributed by atoms with Crippen LogP contribution in [0.25, 0.3) is 10.9 Å². The van der Waals surface area contributed by atoms with Gasteiger partial charge in [0.25, 0.3) is 5.91 Å². The highest BCUT2D eigenvalue weighted by Crippen LogP contribution is 2.21. The quantitative estimate of drug-likeness (QED) is 0.489. The molecule has 7 nitrogen and oxygen atoms in total. The van der Waals surface area contributed by atoms with Crippen molar-refractivity contribution in [1.29, 1.82) is 0 Å². The summed E-state index contributed by atoms with van der Waals surface area (Å²) in [5.41, 5.74) is 2.77. The number of methoxy groups -OCH3 is 1. The summed E-state index contributed by atoms with van der Waals surface area (Å²) in [7, 11) is 1.65. The van der Waals surface area contributed by atoms with Gasteiger partial charge in [0.15, 0.2) is 5.69 Å². The molecule has 0 spiro atoms. The van der Waals surface area contributed by atoms with Crippen LogP contribution in [0, 0.1) is 0 Å². The van der Waals surface area contributed by atoms with Gasteiger partial charge in [-0.3, -0.25) is 9.78 Å². The molecular formula is C23H21N5O2. The fourth-order valence-electron chi connectivity index (χ4n) is 3.10. The average molecular weight is 399 g/mol. The van der Waals surface area contributed by atoms with Crippen molar-refractivity contribution in [3.63, 3.8) is 0 Å². The van der Waals surface area contributed by atoms with Crippen molar-refractivity contribution >= 4 is 28.3 Å². The number of hydrogen-bond donors (Lipinski definition) is 2. The molecule has 0 fully saturated rings. The van der Waals surface area contributed by atoms with Gasteiger partial charge >= 0.3 is 0 Å². The van der Waals surface area contributed by atoms with Crippen molar-refractivity contribution in [3.8, 4) is 5.75 Å². The van der Waals surface area contributed by atoms with Gasteiger partial charge in [-0.1, -0.05) is 30.3 Å². The molecule has 4 rings (SSSR count). The molecule has 0 aliphatic carbocycles. The number of carbonyl (C=O) groups is 1. The van der Waals surface area contributed by atoms with Crippen molar-refractivity contribution in [1.82, 2.24) is 15.2 Å². The molecule has 2 N–H and O–H groups in total. The lowest BCUT2D eigenvalue weighted by Crippen LogP contribution is -2.15. The Hall–Kier alpha value is -4.00. The summed E-state index contributed by atoms with van der Waals surface area (Å²) >= 11 is 0. The third kappa shape index (κ3) is 4.52. The summed E-state index contributed by atoms with van der Waals surface area (Å²) < 4.78 is 5.24. The Morgan fingerprint density at radius 3 is 2.70 bits per heavy atom. The number of carbonyl (C=O) groups excluding carboxylic acids is 1. The summed E-state index contributed by atoms with van der Waals surface area (Å²) in [6.45, 7) is 0.690. The van der Waals surface area contributed by atoms with E-state index in [2.05, 4.69) is 25.8 Å². The van der Waals surface area contributed by atoms with E-state index in [1.165, 1.54) is 0 Å². The monoisotopic (exact) mass is 399 g/mol. The number of benzene rings is 2. The van der Waals surface area contributed by atoms with Crippen LogP contribution in [0.2, 0.25) is 0 Å². The predicted molar refractivity (Wildman–Crippen MR) is 117 cm³/mol. The topological polar surface area (TPSA) is 89.0 Å². The van der Waals surface area contributed by atoms with E-state index >= 15 is 0 Å². The van der Waals surface area contributed by atoms with Crippen LogP contribution in [0.1, 0.15) is 16.1 Å². The van der Waals surface area contributed by atoms with E-state index in [0.717, 1.165) is 28.6 Å². The molecule has 0 bridgehead atoms. The number of aromatic nitrogens is 3. The molecule has 0 saturated heterocycles. The molecule has 0 aliphatic heterocycles. The fourth-order valence-corrected chi connectivity index (χ4v) is 3.10. The Kier molecular flexibility index (Phi) is 5.80. The Morgan fingerprint density at radius 2 is 1.87 bits per heavy atom. The zero-order valence-corrected chi connectivity index (χ0v) is 16.5. The first-order chi connectivity index (χ1) is 14.7. The Bertz CT molecular complexity index is 1160. The first kappa shape index (κ1) is 19.3. The van der Waals surface area contributed by atoms with E-state index in [1.807, 2.05) is 54.6 Å². The lowest BCUT2D eigenvalue weighted by atomic mass is 10.1. The van der Waals surface area contributed by atoms with Crippen molar-refractivity contribution in [2.24, 2.45) is 0 Å². The third-order valence-corrected chi connectivity index (χ3v) is 4.63. The maximum absolute atomic E-state index is 12.6. The molecule has 0 aliphatic rings. The van der Waals surface area contributed by atoms with Crippen LogP contribution in [-0.4, -0.2) is 34.7 Å². The van der Waals surface area contributed by atoms with Gasteiger partial charge in [0, 0.05) is 18.1 Å². The molecule has 30 heavy (non-hydrogen) atoms. The van der Waals surface area contributed by atoms with Crippen molar-refractivity contribution in [3.05, 3.63) is 84.2 Å². The molecule has 0 unspecified atom stereocenters. The smallest absolute Gasteiger partial charge is 0.276 e. The third-order valence-electron chi connectivity index (χ3n) is 4.63. The van der Waals surface area contributed by atoms with Crippen LogP contribution in [0.4, 0.5) is 11.5 Å². The maximum atomic E-state index is 12.6. The number of anilines is 2. The molecular weight excluding hydrogens is 378 g/mol. The summed E-state index contributed by atoms with van der Waals surface area (Å²) in [5, 5.41) is 15.2. The summed E-state index contributed by atoms with van der Waals surface area (Å²) in [6.07, 6.45) is 2.51.